The van der Waals surface area contributed by atoms with Gasteiger partial charge in [0.1, 0.15) is 41.3 Å². The summed E-state index contributed by atoms with van der Waals surface area (Å²) < 4.78 is 18.2. The van der Waals surface area contributed by atoms with Crippen molar-refractivity contribution in [3.63, 3.8) is 0 Å². The molecular weight excluding hydrogens is 744 g/mol. The average molecular weight is 787 g/mol. The van der Waals surface area contributed by atoms with Gasteiger partial charge in [-0.15, -0.1) is 0 Å². The van der Waals surface area contributed by atoms with E-state index in [4.69, 9.17) is 14.2 Å². The molecule has 4 atom stereocenters. The highest BCUT2D eigenvalue weighted by Gasteiger charge is 2.54. The number of aliphatic hydroxyl groups is 3. The number of amides is 2. The maximum Gasteiger partial charge on any atom is 0.368 e. The first kappa shape index (κ1) is 39.2. The maximum absolute atomic E-state index is 13.3. The van der Waals surface area contributed by atoms with E-state index in [9.17, 15) is 44.7 Å². The lowest BCUT2D eigenvalue weighted by atomic mass is 9.77. The van der Waals surface area contributed by atoms with Crippen LogP contribution in [0.3, 0.4) is 0 Å². The van der Waals surface area contributed by atoms with E-state index < -0.39 is 48.4 Å². The van der Waals surface area contributed by atoms with Gasteiger partial charge in [0, 0.05) is 60.4 Å². The van der Waals surface area contributed by atoms with Gasteiger partial charge in [-0.05, 0) is 68.1 Å². The van der Waals surface area contributed by atoms with Crippen molar-refractivity contribution in [3.05, 3.63) is 99.1 Å². The summed E-state index contributed by atoms with van der Waals surface area (Å²) in [5.41, 5.74) is -0.355. The Labute approximate surface area is 325 Å². The number of carbonyl (C=O) groups excluding carboxylic acids is 3. The largest absolute Gasteiger partial charge is 0.508 e. The molecule has 7 rings (SSSR count). The van der Waals surface area contributed by atoms with Gasteiger partial charge in [0.15, 0.2) is 17.6 Å². The van der Waals surface area contributed by atoms with Crippen LogP contribution in [0, 0.1) is 0 Å². The molecule has 0 aliphatic carbocycles. The molecular formula is C39H42N6O12. The highest BCUT2D eigenvalue weighted by atomic mass is 16.6. The molecule has 1 saturated heterocycles. The molecule has 1 spiro atoms. The normalized spacial score (nSPS) is 19.9. The number of phenolic OH excluding ortho intramolecular Hbond substituents is 2. The molecule has 0 saturated carbocycles. The molecule has 1 fully saturated rings. The molecule has 18 heteroatoms. The number of nitrogens with zero attached hydrogens (tertiary/aromatic N) is 3. The highest BCUT2D eigenvalue weighted by molar-refractivity contribution is 6.00. The average Bonchev–Trinajstić information content (AvgIpc) is 3.64. The zero-order valence-corrected chi connectivity index (χ0v) is 30.6. The third kappa shape index (κ3) is 7.84. The van der Waals surface area contributed by atoms with E-state index in [1.165, 1.54) is 30.5 Å². The van der Waals surface area contributed by atoms with Gasteiger partial charge in [-0.2, -0.15) is 14.8 Å². The SMILES string of the molecule is O=C(CCCCCNC(=O)c1ccc2c(c1)C1(OC2=O)c2ccc(O)cc2Oc2cc(O)ccc21)NCCCCNc1cnn([C@@H]2O[C@H](CO)[C@@H](O)[C@H]2O)c(=O)n1. The monoisotopic (exact) mass is 786 g/mol. The molecule has 3 aromatic carbocycles. The first-order valence-electron chi connectivity index (χ1n) is 18.6. The van der Waals surface area contributed by atoms with E-state index in [0.29, 0.717) is 80.4 Å². The topological polar surface area (TPSA) is 264 Å². The van der Waals surface area contributed by atoms with Crippen LogP contribution in [0.2, 0.25) is 0 Å². The number of rotatable bonds is 15. The van der Waals surface area contributed by atoms with Crippen molar-refractivity contribution in [1.82, 2.24) is 25.4 Å². The Bertz CT molecular complexity index is 2180. The quantitative estimate of drug-likeness (QED) is 0.0628. The van der Waals surface area contributed by atoms with Crippen LogP contribution < -0.4 is 26.4 Å². The second kappa shape index (κ2) is 16.6. The summed E-state index contributed by atoms with van der Waals surface area (Å²) in [5, 5.41) is 62.3. The second-order valence-electron chi connectivity index (χ2n) is 13.9. The fourth-order valence-corrected chi connectivity index (χ4v) is 7.21. The first-order chi connectivity index (χ1) is 27.5. The molecule has 3 aliphatic heterocycles. The van der Waals surface area contributed by atoms with E-state index in [2.05, 4.69) is 26.0 Å². The number of esters is 1. The molecule has 3 aliphatic rings. The third-order valence-corrected chi connectivity index (χ3v) is 10.1. The molecule has 4 aromatic rings. The van der Waals surface area contributed by atoms with Crippen LogP contribution in [0.4, 0.5) is 5.82 Å². The van der Waals surface area contributed by atoms with Crippen LogP contribution in [0.5, 0.6) is 23.0 Å². The van der Waals surface area contributed by atoms with Gasteiger partial charge in [0.05, 0.1) is 18.4 Å². The van der Waals surface area contributed by atoms with Gasteiger partial charge in [-0.25, -0.2) is 9.59 Å². The smallest absolute Gasteiger partial charge is 0.368 e. The molecule has 300 valence electrons. The summed E-state index contributed by atoms with van der Waals surface area (Å²) in [6.07, 6.45) is -0.211. The number of fused-ring (bicyclic) bond motifs is 6. The lowest BCUT2D eigenvalue weighted by molar-refractivity contribution is -0.121. The minimum atomic E-state index is -1.48. The minimum Gasteiger partial charge on any atom is -0.508 e. The first-order valence-corrected chi connectivity index (χ1v) is 18.6. The molecule has 0 bridgehead atoms. The van der Waals surface area contributed by atoms with Crippen LogP contribution in [0.25, 0.3) is 0 Å². The molecule has 8 N–H and O–H groups in total. The van der Waals surface area contributed by atoms with Crippen molar-refractivity contribution in [1.29, 1.82) is 0 Å². The highest BCUT2D eigenvalue weighted by Crippen LogP contribution is 2.57. The summed E-state index contributed by atoms with van der Waals surface area (Å²) in [7, 11) is 0. The number of carbonyl (C=O) groups is 3. The Morgan fingerprint density at radius 1 is 0.807 bits per heavy atom. The summed E-state index contributed by atoms with van der Waals surface area (Å²) in [4.78, 5) is 55.1. The van der Waals surface area contributed by atoms with E-state index in [1.54, 1.807) is 30.3 Å². The van der Waals surface area contributed by atoms with Gasteiger partial charge >= 0.3 is 11.7 Å². The number of benzene rings is 3. The van der Waals surface area contributed by atoms with Crippen LogP contribution >= 0.6 is 0 Å². The Kier molecular flexibility index (Phi) is 11.4. The number of phenols is 2. The fourth-order valence-electron chi connectivity index (χ4n) is 7.21. The van der Waals surface area contributed by atoms with Gasteiger partial charge < -0.3 is 55.7 Å². The number of anilines is 1. The van der Waals surface area contributed by atoms with Crippen molar-refractivity contribution in [2.75, 3.05) is 31.6 Å². The zero-order chi connectivity index (χ0) is 40.3. The molecule has 18 nitrogen and oxygen atoms in total. The Hall–Kier alpha value is -6.08. The number of nitrogens with one attached hydrogen (secondary N) is 3. The maximum atomic E-state index is 13.3. The molecule has 0 unspecified atom stereocenters. The van der Waals surface area contributed by atoms with Crippen LogP contribution in [0.1, 0.15) is 82.2 Å². The lowest BCUT2D eigenvalue weighted by Crippen LogP contribution is -2.37. The number of aliphatic hydroxyl groups excluding tert-OH is 3. The second-order valence-corrected chi connectivity index (χ2v) is 13.9. The van der Waals surface area contributed by atoms with E-state index in [0.717, 1.165) is 4.68 Å². The number of ether oxygens (including phenoxy) is 3. The Balaban J connectivity index is 0.824. The van der Waals surface area contributed by atoms with E-state index >= 15 is 0 Å². The summed E-state index contributed by atoms with van der Waals surface area (Å²) in [6.45, 7) is 0.755. The third-order valence-electron chi connectivity index (χ3n) is 10.1. The van der Waals surface area contributed by atoms with Crippen molar-refractivity contribution in [2.24, 2.45) is 0 Å². The van der Waals surface area contributed by atoms with Crippen molar-refractivity contribution in [3.8, 4) is 23.0 Å². The molecule has 4 heterocycles. The van der Waals surface area contributed by atoms with Crippen molar-refractivity contribution >= 4 is 23.6 Å². The molecule has 0 radical (unpaired) electrons. The minimum absolute atomic E-state index is 0.0639. The summed E-state index contributed by atoms with van der Waals surface area (Å²) >= 11 is 0. The summed E-state index contributed by atoms with van der Waals surface area (Å²) in [6, 6.07) is 13.6. The number of hydrogen-bond acceptors (Lipinski definition) is 15. The van der Waals surface area contributed by atoms with Gasteiger partial charge in [0.25, 0.3) is 5.91 Å². The van der Waals surface area contributed by atoms with Crippen molar-refractivity contribution in [2.45, 2.75) is 68.7 Å². The Morgan fingerprint density at radius 3 is 2.18 bits per heavy atom. The predicted molar refractivity (Wildman–Crippen MR) is 199 cm³/mol. The van der Waals surface area contributed by atoms with Crippen LogP contribution in [-0.2, 0) is 19.9 Å². The van der Waals surface area contributed by atoms with Gasteiger partial charge in [-0.1, -0.05) is 6.42 Å². The standard InChI is InChI=1S/C39H42N6O12/c46-20-30-33(50)34(51)36(56-30)45-38(54)44-31(19-43-45)40-13-4-5-14-41-32(49)6-2-1-3-15-42-35(52)21-7-10-24-27(16-21)39(57-37(24)53)25-11-8-22(47)17-28(25)55-29-18-23(48)9-12-26(29)39/h7-12,16-19,30,33-34,36,46-48,50-51H,1-6,13-15,20H2,(H,41,49)(H,42,52)(H,40,44,54)/t30-,33-,34-,36-/m1/s1. The zero-order valence-electron chi connectivity index (χ0n) is 30.6. The number of aromatic nitrogens is 3. The van der Waals surface area contributed by atoms with E-state index in [-0.39, 0.29) is 46.2 Å². The summed E-state index contributed by atoms with van der Waals surface area (Å²) in [5.74, 6) is -0.467. The number of aromatic hydroxyl groups is 2. The number of unbranched alkanes of at least 4 members (excludes halogenated alkanes) is 3. The van der Waals surface area contributed by atoms with Crippen LogP contribution in [-0.4, -0.2) is 103 Å². The van der Waals surface area contributed by atoms with Gasteiger partial charge in [-0.3, -0.25) is 9.59 Å². The number of hydrogen-bond donors (Lipinski definition) is 8. The van der Waals surface area contributed by atoms with Crippen molar-refractivity contribution < 1.29 is 54.1 Å². The Morgan fingerprint density at radius 2 is 1.49 bits per heavy atom. The molecule has 57 heavy (non-hydrogen) atoms. The predicted octanol–water partition coefficient (Wildman–Crippen LogP) is 1.53. The van der Waals surface area contributed by atoms with E-state index in [1.807, 2.05) is 0 Å². The van der Waals surface area contributed by atoms with Gasteiger partial charge in [0.2, 0.25) is 5.91 Å². The fraction of sp³-hybridized carbons (Fsp3) is 0.385. The van der Waals surface area contributed by atoms with Crippen LogP contribution in [0.15, 0.2) is 65.6 Å². The molecule has 1 aromatic heterocycles. The molecule has 2 amide bonds. The lowest BCUT2D eigenvalue weighted by Gasteiger charge is -2.36.